The first-order chi connectivity index (χ1) is 5.68. The van der Waals surface area contributed by atoms with Crippen molar-refractivity contribution in [2.24, 2.45) is 5.92 Å². The first-order valence-corrected chi connectivity index (χ1v) is 6.19. The van der Waals surface area contributed by atoms with Crippen molar-refractivity contribution in [2.75, 3.05) is 0 Å². The van der Waals surface area contributed by atoms with E-state index in [0.29, 0.717) is 4.83 Å². The van der Waals surface area contributed by atoms with Gasteiger partial charge in [0.1, 0.15) is 0 Å². The highest BCUT2D eigenvalue weighted by Crippen LogP contribution is 2.49. The molecule has 1 aromatic rings. The molecular formula is C9H10BrClS. The first kappa shape index (κ1) is 9.04. The third-order valence-corrected chi connectivity index (χ3v) is 5.37. The van der Waals surface area contributed by atoms with E-state index in [1.807, 2.05) is 0 Å². The van der Waals surface area contributed by atoms with Gasteiger partial charge in [0, 0.05) is 4.88 Å². The fourth-order valence-electron chi connectivity index (χ4n) is 1.24. The molecule has 1 atom stereocenters. The second kappa shape index (κ2) is 3.32. The van der Waals surface area contributed by atoms with Gasteiger partial charge in [-0.25, -0.2) is 0 Å². The molecule has 0 radical (unpaired) electrons. The molecule has 12 heavy (non-hydrogen) atoms. The largest absolute Gasteiger partial charge is 0.127 e. The molecule has 1 unspecified atom stereocenters. The predicted octanol–water partition coefficient (Wildman–Crippen LogP) is 4.56. The van der Waals surface area contributed by atoms with Crippen molar-refractivity contribution < 1.29 is 0 Å². The van der Waals surface area contributed by atoms with Crippen LogP contribution in [0.4, 0.5) is 0 Å². The zero-order valence-electron chi connectivity index (χ0n) is 6.81. The van der Waals surface area contributed by atoms with Gasteiger partial charge in [0.05, 0.1) is 9.16 Å². The lowest BCUT2D eigenvalue weighted by Crippen LogP contribution is -1.86. The fraction of sp³-hybridized carbons (Fsp3) is 0.556. The lowest BCUT2D eigenvalue weighted by Gasteiger charge is -2.02. The second-order valence-corrected chi connectivity index (χ2v) is 6.02. The number of hydrogen-bond acceptors (Lipinski definition) is 1. The van der Waals surface area contributed by atoms with Gasteiger partial charge >= 0.3 is 0 Å². The molecule has 3 heteroatoms. The molecule has 0 nitrogen and oxygen atoms in total. The summed E-state index contributed by atoms with van der Waals surface area (Å²) in [6, 6.07) is 2.20. The average Bonchev–Trinajstić information content (AvgIpc) is 2.80. The normalized spacial score (nSPS) is 19.6. The average molecular weight is 266 g/mol. The highest BCUT2D eigenvalue weighted by molar-refractivity contribution is 9.09. The van der Waals surface area contributed by atoms with Crippen molar-refractivity contribution in [1.82, 2.24) is 0 Å². The van der Waals surface area contributed by atoms with Crippen molar-refractivity contribution in [3.05, 3.63) is 20.8 Å². The van der Waals surface area contributed by atoms with Crippen LogP contribution in [0.15, 0.2) is 6.07 Å². The summed E-state index contributed by atoms with van der Waals surface area (Å²) in [6.45, 7) is 2.06. The highest BCUT2D eigenvalue weighted by Gasteiger charge is 2.31. The fourth-order valence-corrected chi connectivity index (χ4v) is 3.47. The third kappa shape index (κ3) is 1.70. The zero-order chi connectivity index (χ0) is 8.72. The van der Waals surface area contributed by atoms with E-state index in [1.165, 1.54) is 23.3 Å². The van der Waals surface area contributed by atoms with Gasteiger partial charge < -0.3 is 0 Å². The Morgan fingerprint density at radius 1 is 1.67 bits per heavy atom. The summed E-state index contributed by atoms with van der Waals surface area (Å²) in [4.78, 5) is 1.94. The van der Waals surface area contributed by atoms with Gasteiger partial charge in [0.25, 0.3) is 0 Å². The Kier molecular flexibility index (Phi) is 2.50. The Bertz CT molecular complexity index is 271. The minimum atomic E-state index is 0.550. The molecule has 0 aliphatic heterocycles. The summed E-state index contributed by atoms with van der Waals surface area (Å²) in [7, 11) is 0. The van der Waals surface area contributed by atoms with Crippen LogP contribution in [0.3, 0.4) is 0 Å². The summed E-state index contributed by atoms with van der Waals surface area (Å²) >= 11 is 11.4. The molecule has 1 aliphatic carbocycles. The van der Waals surface area contributed by atoms with Gasteiger partial charge in [-0.3, -0.25) is 0 Å². The molecule has 0 spiro atoms. The predicted molar refractivity (Wildman–Crippen MR) is 58.5 cm³/mol. The monoisotopic (exact) mass is 264 g/mol. The minimum absolute atomic E-state index is 0.550. The van der Waals surface area contributed by atoms with Crippen LogP contribution in [0, 0.1) is 12.8 Å². The highest BCUT2D eigenvalue weighted by atomic mass is 79.9. The maximum atomic E-state index is 6.00. The summed E-state index contributed by atoms with van der Waals surface area (Å²) in [5, 5.41) is 0. The summed E-state index contributed by atoms with van der Waals surface area (Å²) < 4.78 is 0.940. The SMILES string of the molecule is Cc1cc(C(Br)C2CC2)sc1Cl. The smallest absolute Gasteiger partial charge is 0.0960 e. The van der Waals surface area contributed by atoms with Crippen LogP contribution >= 0.6 is 38.9 Å². The number of thiophene rings is 1. The quantitative estimate of drug-likeness (QED) is 0.688. The van der Waals surface area contributed by atoms with Gasteiger partial charge in [-0.15, -0.1) is 11.3 Å². The Morgan fingerprint density at radius 3 is 2.75 bits per heavy atom. The van der Waals surface area contributed by atoms with Crippen LogP contribution in [0.25, 0.3) is 0 Å². The molecule has 66 valence electrons. The van der Waals surface area contributed by atoms with E-state index in [0.717, 1.165) is 10.3 Å². The Hall–Kier alpha value is 0.470. The zero-order valence-corrected chi connectivity index (χ0v) is 9.97. The van der Waals surface area contributed by atoms with E-state index in [1.54, 1.807) is 11.3 Å². The maximum Gasteiger partial charge on any atom is 0.0960 e. The molecule has 0 N–H and O–H groups in total. The molecule has 1 aromatic heterocycles. The van der Waals surface area contributed by atoms with E-state index in [4.69, 9.17) is 11.6 Å². The molecule has 1 aliphatic rings. The molecule has 0 aromatic carbocycles. The van der Waals surface area contributed by atoms with Crippen LogP contribution < -0.4 is 0 Å². The molecule has 1 saturated carbocycles. The number of halogens is 2. The first-order valence-electron chi connectivity index (χ1n) is 4.08. The van der Waals surface area contributed by atoms with Gasteiger partial charge in [0.2, 0.25) is 0 Å². The van der Waals surface area contributed by atoms with E-state index in [2.05, 4.69) is 28.9 Å². The minimum Gasteiger partial charge on any atom is -0.127 e. The standard InChI is InChI=1S/C9H10BrClS/c1-5-4-7(12-9(5)11)8(10)6-2-3-6/h4,6,8H,2-3H2,1H3. The van der Waals surface area contributed by atoms with Crippen LogP contribution in [-0.4, -0.2) is 0 Å². The molecule has 2 rings (SSSR count). The Morgan fingerprint density at radius 2 is 2.33 bits per heavy atom. The van der Waals surface area contributed by atoms with Crippen molar-refractivity contribution in [2.45, 2.75) is 24.6 Å². The molecule has 1 heterocycles. The number of aryl methyl sites for hydroxylation is 1. The topological polar surface area (TPSA) is 0 Å². The Labute approximate surface area is 90.1 Å². The van der Waals surface area contributed by atoms with Gasteiger partial charge in [-0.05, 0) is 37.3 Å². The van der Waals surface area contributed by atoms with Crippen LogP contribution in [-0.2, 0) is 0 Å². The maximum absolute atomic E-state index is 6.00. The van der Waals surface area contributed by atoms with Crippen molar-refractivity contribution >= 4 is 38.9 Å². The van der Waals surface area contributed by atoms with Crippen molar-refractivity contribution in [1.29, 1.82) is 0 Å². The van der Waals surface area contributed by atoms with E-state index in [9.17, 15) is 0 Å². The van der Waals surface area contributed by atoms with Gasteiger partial charge in [0.15, 0.2) is 0 Å². The summed E-state index contributed by atoms with van der Waals surface area (Å²) in [5.41, 5.74) is 1.21. The third-order valence-electron chi connectivity index (χ3n) is 2.18. The lowest BCUT2D eigenvalue weighted by molar-refractivity contribution is 0.836. The molecule has 0 saturated heterocycles. The summed E-state index contributed by atoms with van der Waals surface area (Å²) in [6.07, 6.45) is 2.73. The Balaban J connectivity index is 2.21. The molecule has 0 bridgehead atoms. The van der Waals surface area contributed by atoms with Gasteiger partial charge in [-0.1, -0.05) is 27.5 Å². The van der Waals surface area contributed by atoms with Crippen LogP contribution in [0.2, 0.25) is 4.34 Å². The van der Waals surface area contributed by atoms with E-state index >= 15 is 0 Å². The van der Waals surface area contributed by atoms with Gasteiger partial charge in [-0.2, -0.15) is 0 Å². The van der Waals surface area contributed by atoms with E-state index < -0.39 is 0 Å². The van der Waals surface area contributed by atoms with Crippen LogP contribution in [0.5, 0.6) is 0 Å². The van der Waals surface area contributed by atoms with Crippen molar-refractivity contribution in [3.63, 3.8) is 0 Å². The van der Waals surface area contributed by atoms with Crippen molar-refractivity contribution in [3.8, 4) is 0 Å². The van der Waals surface area contributed by atoms with Crippen LogP contribution in [0.1, 0.15) is 28.1 Å². The second-order valence-electron chi connectivity index (χ2n) is 3.34. The molecular weight excluding hydrogens is 256 g/mol. The summed E-state index contributed by atoms with van der Waals surface area (Å²) in [5.74, 6) is 0.860. The molecule has 1 fully saturated rings. The lowest BCUT2D eigenvalue weighted by atomic mass is 10.2. The van der Waals surface area contributed by atoms with E-state index in [-0.39, 0.29) is 0 Å². The number of alkyl halides is 1. The molecule has 0 amide bonds. The number of hydrogen-bond donors (Lipinski definition) is 0. The number of rotatable bonds is 2.